The van der Waals surface area contributed by atoms with E-state index in [-0.39, 0.29) is 11.2 Å². The number of ether oxygens (including phenoxy) is 1. The molecule has 1 saturated heterocycles. The van der Waals surface area contributed by atoms with E-state index in [4.69, 9.17) is 4.74 Å². The zero-order valence-corrected chi connectivity index (χ0v) is 9.07. The second kappa shape index (κ2) is 4.54. The molecule has 0 amide bonds. The molecule has 16 heavy (non-hydrogen) atoms. The molecule has 0 radical (unpaired) electrons. The quantitative estimate of drug-likeness (QED) is 0.890. The molecule has 1 aromatic rings. The average Bonchev–Trinajstić information content (AvgIpc) is 2.85. The van der Waals surface area contributed by atoms with Crippen LogP contribution in [-0.4, -0.2) is 28.6 Å². The summed E-state index contributed by atoms with van der Waals surface area (Å²) in [7, 11) is 0. The van der Waals surface area contributed by atoms with Crippen LogP contribution in [0.2, 0.25) is 0 Å². The lowest BCUT2D eigenvalue weighted by Gasteiger charge is -2.08. The van der Waals surface area contributed by atoms with Gasteiger partial charge in [-0.3, -0.25) is 0 Å². The van der Waals surface area contributed by atoms with Crippen molar-refractivity contribution in [1.82, 2.24) is 14.7 Å². The molecular weight excluding hydrogens is 243 g/mol. The predicted molar refractivity (Wildman–Crippen MR) is 51.4 cm³/mol. The fourth-order valence-electron chi connectivity index (χ4n) is 1.45. The summed E-state index contributed by atoms with van der Waals surface area (Å²) < 4.78 is 44.8. The van der Waals surface area contributed by atoms with E-state index in [9.17, 15) is 13.2 Å². The van der Waals surface area contributed by atoms with Gasteiger partial charge in [0.2, 0.25) is 0 Å². The Bertz CT molecular complexity index is 349. The maximum Gasteiger partial charge on any atom is 0.452 e. The van der Waals surface area contributed by atoms with Gasteiger partial charge in [0.1, 0.15) is 6.61 Å². The lowest BCUT2D eigenvalue weighted by atomic mass is 10.2. The molecule has 1 N–H and O–H groups in total. The third-order valence-electron chi connectivity index (χ3n) is 2.23. The van der Waals surface area contributed by atoms with Gasteiger partial charge in [-0.15, -0.1) is 0 Å². The van der Waals surface area contributed by atoms with E-state index in [0.717, 1.165) is 19.4 Å². The number of rotatable bonds is 3. The Morgan fingerprint density at radius 2 is 2.31 bits per heavy atom. The van der Waals surface area contributed by atoms with E-state index in [1.807, 2.05) is 0 Å². The Hall–Kier alpha value is -0.890. The van der Waals surface area contributed by atoms with Crippen LogP contribution in [0.25, 0.3) is 0 Å². The lowest BCUT2D eigenvalue weighted by Crippen LogP contribution is -2.28. The number of hydrogen-bond acceptors (Lipinski definition) is 5. The third-order valence-corrected chi connectivity index (χ3v) is 2.86. The van der Waals surface area contributed by atoms with Crippen LogP contribution in [0, 0.1) is 0 Å². The molecule has 1 fully saturated rings. The first-order chi connectivity index (χ1) is 7.55. The van der Waals surface area contributed by atoms with Crippen LogP contribution in [-0.2, 0) is 6.18 Å². The highest BCUT2D eigenvalue weighted by atomic mass is 32.1. The zero-order chi connectivity index (χ0) is 11.6. The monoisotopic (exact) mass is 253 g/mol. The molecule has 0 aliphatic carbocycles. The van der Waals surface area contributed by atoms with Gasteiger partial charge in [0.15, 0.2) is 0 Å². The molecule has 0 spiro atoms. The Morgan fingerprint density at radius 3 is 2.88 bits per heavy atom. The van der Waals surface area contributed by atoms with Gasteiger partial charge in [-0.2, -0.15) is 22.5 Å². The highest BCUT2D eigenvalue weighted by Crippen LogP contribution is 2.29. The highest BCUT2D eigenvalue weighted by molar-refractivity contribution is 7.07. The molecule has 90 valence electrons. The standard InChI is InChI=1S/C8H10F3N3OS/c9-8(10,11)6-13-7(16-14-6)15-4-5-2-1-3-12-5/h5,12H,1-4H2. The van der Waals surface area contributed by atoms with Crippen molar-refractivity contribution in [3.63, 3.8) is 0 Å². The summed E-state index contributed by atoms with van der Waals surface area (Å²) in [6.07, 6.45) is -2.45. The van der Waals surface area contributed by atoms with Gasteiger partial charge in [0, 0.05) is 17.6 Å². The molecule has 8 heteroatoms. The normalized spacial score (nSPS) is 21.3. The lowest BCUT2D eigenvalue weighted by molar-refractivity contribution is -0.144. The van der Waals surface area contributed by atoms with Crippen LogP contribution < -0.4 is 10.1 Å². The molecule has 2 heterocycles. The van der Waals surface area contributed by atoms with Gasteiger partial charge in [-0.05, 0) is 19.4 Å². The zero-order valence-electron chi connectivity index (χ0n) is 8.25. The average molecular weight is 253 g/mol. The first-order valence-corrected chi connectivity index (χ1v) is 5.60. The van der Waals surface area contributed by atoms with E-state index in [0.29, 0.717) is 18.1 Å². The van der Waals surface area contributed by atoms with E-state index in [1.165, 1.54) is 0 Å². The Kier molecular flexibility index (Phi) is 3.29. The Morgan fingerprint density at radius 1 is 1.50 bits per heavy atom. The first-order valence-electron chi connectivity index (χ1n) is 4.83. The van der Waals surface area contributed by atoms with Crippen molar-refractivity contribution in [3.05, 3.63) is 5.82 Å². The Balaban J connectivity index is 1.87. The Labute approximate surface area is 94.0 Å². The van der Waals surface area contributed by atoms with Gasteiger partial charge < -0.3 is 10.1 Å². The van der Waals surface area contributed by atoms with Crippen molar-refractivity contribution in [2.45, 2.75) is 25.1 Å². The number of hydrogen-bond donors (Lipinski definition) is 1. The molecule has 0 aromatic carbocycles. The maximum atomic E-state index is 12.2. The van der Waals surface area contributed by atoms with Crippen molar-refractivity contribution < 1.29 is 17.9 Å². The summed E-state index contributed by atoms with van der Waals surface area (Å²) in [5, 5.41) is 3.15. The minimum Gasteiger partial charge on any atom is -0.467 e. The minimum atomic E-state index is -4.50. The van der Waals surface area contributed by atoms with E-state index in [2.05, 4.69) is 14.7 Å². The topological polar surface area (TPSA) is 47.0 Å². The molecule has 1 unspecified atom stereocenters. The molecule has 1 aromatic heterocycles. The van der Waals surface area contributed by atoms with Crippen LogP contribution in [0.1, 0.15) is 18.7 Å². The first kappa shape index (κ1) is 11.6. The van der Waals surface area contributed by atoms with Gasteiger partial charge >= 0.3 is 6.18 Å². The van der Waals surface area contributed by atoms with Crippen molar-refractivity contribution in [3.8, 4) is 5.19 Å². The van der Waals surface area contributed by atoms with E-state index < -0.39 is 12.0 Å². The number of aromatic nitrogens is 2. The summed E-state index contributed by atoms with van der Waals surface area (Å²) in [4.78, 5) is 3.27. The SMILES string of the molecule is FC(F)(F)c1nsc(OCC2CCCN2)n1. The maximum absolute atomic E-state index is 12.2. The number of nitrogens with one attached hydrogen (secondary N) is 1. The van der Waals surface area contributed by atoms with Gasteiger partial charge in [-0.25, -0.2) is 0 Å². The molecule has 1 aliphatic rings. The number of halogens is 3. The van der Waals surface area contributed by atoms with E-state index >= 15 is 0 Å². The molecule has 0 bridgehead atoms. The van der Waals surface area contributed by atoms with E-state index in [1.54, 1.807) is 0 Å². The van der Waals surface area contributed by atoms with Crippen molar-refractivity contribution in [2.75, 3.05) is 13.2 Å². The van der Waals surface area contributed by atoms with Crippen LogP contribution in [0.3, 0.4) is 0 Å². The van der Waals surface area contributed by atoms with Crippen molar-refractivity contribution in [1.29, 1.82) is 0 Å². The number of alkyl halides is 3. The summed E-state index contributed by atoms with van der Waals surface area (Å²) in [5.41, 5.74) is 0. The second-order valence-electron chi connectivity index (χ2n) is 3.49. The van der Waals surface area contributed by atoms with Crippen LogP contribution >= 0.6 is 11.5 Å². The van der Waals surface area contributed by atoms with Crippen molar-refractivity contribution >= 4 is 11.5 Å². The minimum absolute atomic E-state index is 0.0268. The fourth-order valence-corrected chi connectivity index (χ4v) is 2.01. The molecule has 2 rings (SSSR count). The smallest absolute Gasteiger partial charge is 0.452 e. The summed E-state index contributed by atoms with van der Waals surface area (Å²) in [6.45, 7) is 1.27. The molecule has 4 nitrogen and oxygen atoms in total. The van der Waals surface area contributed by atoms with Gasteiger partial charge in [-0.1, -0.05) is 0 Å². The van der Waals surface area contributed by atoms with Crippen LogP contribution in [0.5, 0.6) is 5.19 Å². The van der Waals surface area contributed by atoms with Crippen LogP contribution in [0.15, 0.2) is 0 Å². The number of nitrogens with zero attached hydrogens (tertiary/aromatic N) is 2. The fraction of sp³-hybridized carbons (Fsp3) is 0.750. The molecule has 1 aliphatic heterocycles. The summed E-state index contributed by atoms with van der Waals surface area (Å²) >= 11 is 0.629. The largest absolute Gasteiger partial charge is 0.467 e. The molecular formula is C8H10F3N3OS. The predicted octanol–water partition coefficient (Wildman–Crippen LogP) is 1.69. The summed E-state index contributed by atoms with van der Waals surface area (Å²) in [6, 6.07) is 0.207. The van der Waals surface area contributed by atoms with Crippen LogP contribution in [0.4, 0.5) is 13.2 Å². The summed E-state index contributed by atoms with van der Waals surface area (Å²) in [5.74, 6) is -1.13. The highest BCUT2D eigenvalue weighted by Gasteiger charge is 2.36. The molecule has 0 saturated carbocycles. The molecule has 1 atom stereocenters. The third kappa shape index (κ3) is 2.82. The van der Waals surface area contributed by atoms with Gasteiger partial charge in [0.25, 0.3) is 11.0 Å². The van der Waals surface area contributed by atoms with Gasteiger partial charge in [0.05, 0.1) is 0 Å². The van der Waals surface area contributed by atoms with Crippen molar-refractivity contribution in [2.24, 2.45) is 0 Å². The second-order valence-corrected chi connectivity index (χ2v) is 4.20.